The van der Waals surface area contributed by atoms with Gasteiger partial charge in [-0.2, -0.15) is 0 Å². The van der Waals surface area contributed by atoms with Crippen molar-refractivity contribution in [3.8, 4) is 0 Å². The molecule has 0 bridgehead atoms. The number of nitrogens with one attached hydrogen (secondary N) is 1. The van der Waals surface area contributed by atoms with Crippen molar-refractivity contribution in [3.05, 3.63) is 11.6 Å². The van der Waals surface area contributed by atoms with Gasteiger partial charge in [0.2, 0.25) is 5.91 Å². The van der Waals surface area contributed by atoms with Gasteiger partial charge in [0.25, 0.3) is 5.91 Å². The van der Waals surface area contributed by atoms with Gasteiger partial charge in [-0.1, -0.05) is 18.1 Å². The van der Waals surface area contributed by atoms with Gasteiger partial charge in [-0.3, -0.25) is 9.59 Å². The van der Waals surface area contributed by atoms with Crippen molar-refractivity contribution >= 4 is 11.8 Å². The predicted octanol–water partition coefficient (Wildman–Crippen LogP) is 1.63. The minimum absolute atomic E-state index is 0.124. The Kier molecular flexibility index (Phi) is 4.02. The van der Waals surface area contributed by atoms with Gasteiger partial charge in [0.15, 0.2) is 0 Å². The maximum atomic E-state index is 12.7. The van der Waals surface area contributed by atoms with Crippen LogP contribution >= 0.6 is 0 Å². The predicted molar refractivity (Wildman–Crippen MR) is 83.2 cm³/mol. The first kappa shape index (κ1) is 15.5. The lowest BCUT2D eigenvalue weighted by atomic mass is 9.62. The Morgan fingerprint density at radius 2 is 1.91 bits per heavy atom. The lowest BCUT2D eigenvalue weighted by molar-refractivity contribution is -0.165. The molecule has 2 aliphatic carbocycles. The summed E-state index contributed by atoms with van der Waals surface area (Å²) >= 11 is 0. The van der Waals surface area contributed by atoms with Crippen LogP contribution < -0.4 is 5.32 Å². The molecule has 22 heavy (non-hydrogen) atoms. The minimum Gasteiger partial charge on any atom is -0.368 e. The van der Waals surface area contributed by atoms with Crippen molar-refractivity contribution < 1.29 is 14.3 Å². The van der Waals surface area contributed by atoms with Gasteiger partial charge in [-0.05, 0) is 38.5 Å². The molecule has 3 aliphatic rings. The van der Waals surface area contributed by atoms with E-state index in [2.05, 4.69) is 11.4 Å². The van der Waals surface area contributed by atoms with E-state index in [9.17, 15) is 9.59 Å². The number of hydrogen-bond donors (Lipinski definition) is 1. The number of hydrogen-bond acceptors (Lipinski definition) is 3. The maximum absolute atomic E-state index is 12.7. The highest BCUT2D eigenvalue weighted by Gasteiger charge is 2.49. The molecule has 0 radical (unpaired) electrons. The first-order valence-electron chi connectivity index (χ1n) is 8.34. The number of carbonyl (C=O) groups is 2. The second-order valence-corrected chi connectivity index (χ2v) is 6.80. The van der Waals surface area contributed by atoms with Crippen molar-refractivity contribution in [1.29, 1.82) is 0 Å². The molecule has 1 aliphatic heterocycles. The van der Waals surface area contributed by atoms with Crippen molar-refractivity contribution in [1.82, 2.24) is 10.2 Å². The second kappa shape index (κ2) is 5.69. The molecule has 2 saturated carbocycles. The third kappa shape index (κ3) is 2.18. The zero-order valence-electron chi connectivity index (χ0n) is 13.6. The molecule has 2 fully saturated rings. The Bertz CT molecular complexity index is 499. The maximum Gasteiger partial charge on any atom is 0.255 e. The quantitative estimate of drug-likeness (QED) is 0.803. The number of amides is 2. The Hall–Kier alpha value is -1.36. The van der Waals surface area contributed by atoms with E-state index in [1.807, 2.05) is 4.90 Å². The molecule has 0 aromatic rings. The summed E-state index contributed by atoms with van der Waals surface area (Å²) in [6.45, 7) is 1.31. The van der Waals surface area contributed by atoms with Crippen LogP contribution in [0.1, 0.15) is 44.9 Å². The molecule has 5 heteroatoms. The zero-order valence-corrected chi connectivity index (χ0v) is 13.6. The van der Waals surface area contributed by atoms with E-state index in [1.54, 1.807) is 14.2 Å². The standard InChI is InChI=1S/C17H26N2O3/c1-18-14(20)16(7-3-8-16)13-5-11-19(12-6-13)15(21)17(22-2)9-4-10-17/h5H,3-4,6-12H2,1-2H3,(H,18,20). The zero-order chi connectivity index (χ0) is 15.8. The van der Waals surface area contributed by atoms with Crippen molar-refractivity contribution in [2.45, 2.75) is 50.5 Å². The summed E-state index contributed by atoms with van der Waals surface area (Å²) in [4.78, 5) is 26.8. The normalized spacial score (nSPS) is 25.5. The lowest BCUT2D eigenvalue weighted by Crippen LogP contribution is -2.56. The minimum atomic E-state index is -0.569. The average molecular weight is 306 g/mol. The molecule has 0 saturated heterocycles. The summed E-state index contributed by atoms with van der Waals surface area (Å²) < 4.78 is 5.49. The van der Waals surface area contributed by atoms with Gasteiger partial charge in [0.05, 0.1) is 5.41 Å². The van der Waals surface area contributed by atoms with E-state index >= 15 is 0 Å². The number of ether oxygens (including phenoxy) is 1. The van der Waals surface area contributed by atoms with Crippen LogP contribution in [0.4, 0.5) is 0 Å². The molecule has 1 N–H and O–H groups in total. The Morgan fingerprint density at radius 1 is 1.23 bits per heavy atom. The van der Waals surface area contributed by atoms with Crippen LogP contribution in [0.5, 0.6) is 0 Å². The van der Waals surface area contributed by atoms with Crippen LogP contribution in [0.2, 0.25) is 0 Å². The highest BCUT2D eigenvalue weighted by Crippen LogP contribution is 2.49. The van der Waals surface area contributed by atoms with Crippen LogP contribution in [-0.4, -0.2) is 49.6 Å². The van der Waals surface area contributed by atoms with Crippen molar-refractivity contribution in [2.75, 3.05) is 27.2 Å². The third-order valence-corrected chi connectivity index (χ3v) is 5.92. The van der Waals surface area contributed by atoms with Crippen molar-refractivity contribution in [3.63, 3.8) is 0 Å². The molecule has 0 aromatic heterocycles. The number of carbonyl (C=O) groups excluding carboxylic acids is 2. The summed E-state index contributed by atoms with van der Waals surface area (Å²) in [5.74, 6) is 0.260. The molecule has 3 rings (SSSR count). The SMILES string of the molecule is CNC(=O)C1(C2=CCN(C(=O)C3(OC)CCC3)CC2)CCC1. The first-order chi connectivity index (χ1) is 10.6. The van der Waals surface area contributed by atoms with E-state index in [1.165, 1.54) is 5.57 Å². The van der Waals surface area contributed by atoms with Gasteiger partial charge in [0, 0.05) is 27.2 Å². The highest BCUT2D eigenvalue weighted by atomic mass is 16.5. The Labute approximate surface area is 132 Å². The van der Waals surface area contributed by atoms with E-state index < -0.39 is 5.60 Å². The summed E-state index contributed by atoms with van der Waals surface area (Å²) in [6.07, 6.45) is 8.63. The number of nitrogens with zero attached hydrogens (tertiary/aromatic N) is 1. The Morgan fingerprint density at radius 3 is 2.27 bits per heavy atom. The molecule has 2 amide bonds. The molecule has 5 nitrogen and oxygen atoms in total. The van der Waals surface area contributed by atoms with E-state index in [-0.39, 0.29) is 17.2 Å². The van der Waals surface area contributed by atoms with E-state index in [0.717, 1.165) is 44.9 Å². The molecule has 0 spiro atoms. The number of methoxy groups -OCH3 is 1. The second-order valence-electron chi connectivity index (χ2n) is 6.80. The molecule has 0 aromatic carbocycles. The van der Waals surface area contributed by atoms with Crippen LogP contribution in [0.3, 0.4) is 0 Å². The first-order valence-corrected chi connectivity index (χ1v) is 8.34. The fourth-order valence-electron chi connectivity index (χ4n) is 4.04. The van der Waals surface area contributed by atoms with Gasteiger partial charge >= 0.3 is 0 Å². The van der Waals surface area contributed by atoms with Gasteiger partial charge in [-0.15, -0.1) is 0 Å². The topological polar surface area (TPSA) is 58.6 Å². The van der Waals surface area contributed by atoms with E-state index in [0.29, 0.717) is 13.1 Å². The molecular weight excluding hydrogens is 280 g/mol. The molecule has 0 unspecified atom stereocenters. The molecule has 0 atom stereocenters. The summed E-state index contributed by atoms with van der Waals surface area (Å²) in [7, 11) is 3.35. The Balaban J connectivity index is 1.69. The molecule has 1 heterocycles. The van der Waals surface area contributed by atoms with E-state index in [4.69, 9.17) is 4.74 Å². The molecule has 122 valence electrons. The monoisotopic (exact) mass is 306 g/mol. The van der Waals surface area contributed by atoms with Crippen LogP contribution in [0.15, 0.2) is 11.6 Å². The average Bonchev–Trinajstić information content (AvgIpc) is 2.46. The van der Waals surface area contributed by atoms with Gasteiger partial charge in [-0.25, -0.2) is 0 Å². The van der Waals surface area contributed by atoms with Crippen LogP contribution in [0, 0.1) is 5.41 Å². The van der Waals surface area contributed by atoms with Gasteiger partial charge in [0.1, 0.15) is 5.60 Å². The number of rotatable bonds is 4. The highest BCUT2D eigenvalue weighted by molar-refractivity contribution is 5.88. The third-order valence-electron chi connectivity index (χ3n) is 5.92. The summed E-state index contributed by atoms with van der Waals surface area (Å²) in [5, 5.41) is 2.81. The lowest BCUT2D eigenvalue weighted by Gasteiger charge is -2.46. The van der Waals surface area contributed by atoms with Gasteiger partial charge < -0.3 is 15.0 Å². The fourth-order valence-corrected chi connectivity index (χ4v) is 4.04. The largest absolute Gasteiger partial charge is 0.368 e. The summed E-state index contributed by atoms with van der Waals surface area (Å²) in [5.41, 5.74) is 0.363. The summed E-state index contributed by atoms with van der Waals surface area (Å²) in [6, 6.07) is 0. The van der Waals surface area contributed by atoms with Crippen LogP contribution in [-0.2, 0) is 14.3 Å². The van der Waals surface area contributed by atoms with Crippen molar-refractivity contribution in [2.24, 2.45) is 5.41 Å². The smallest absolute Gasteiger partial charge is 0.255 e. The fraction of sp³-hybridized carbons (Fsp3) is 0.765. The van der Waals surface area contributed by atoms with Crippen LogP contribution in [0.25, 0.3) is 0 Å². The molecular formula is C17H26N2O3.